The first-order valence-electron chi connectivity index (χ1n) is 9.03. The summed E-state index contributed by atoms with van der Waals surface area (Å²) in [6, 6.07) is 0. The molecule has 0 radical (unpaired) electrons. The molecule has 6 atom stereocenters. The van der Waals surface area contributed by atoms with Crippen LogP contribution < -0.4 is 0 Å². The molecule has 0 spiro atoms. The summed E-state index contributed by atoms with van der Waals surface area (Å²) in [6.45, 7) is 16.3. The van der Waals surface area contributed by atoms with E-state index >= 15 is 0 Å². The van der Waals surface area contributed by atoms with Gasteiger partial charge in [0.05, 0.1) is 11.7 Å². The normalized spacial score (nSPS) is 50.0. The SMILES string of the molecule is C=C[C@@H](C)[C@@H]1C[C@@H]2[C@@]3(C)CCCC(C)(C)[C@@H]3CC[C@@]2(C)O1. The van der Waals surface area contributed by atoms with Crippen molar-refractivity contribution in [3.8, 4) is 0 Å². The lowest BCUT2D eigenvalue weighted by molar-refractivity contribution is -0.157. The largest absolute Gasteiger partial charge is 0.371 e. The van der Waals surface area contributed by atoms with Crippen LogP contribution in [0, 0.1) is 28.6 Å². The molecular weight excluding hydrogens is 256 g/mol. The van der Waals surface area contributed by atoms with E-state index in [0.29, 0.717) is 22.9 Å². The molecule has 0 amide bonds. The summed E-state index contributed by atoms with van der Waals surface area (Å²) in [6.07, 6.45) is 10.5. The van der Waals surface area contributed by atoms with Crippen molar-refractivity contribution in [1.82, 2.24) is 0 Å². The summed E-state index contributed by atoms with van der Waals surface area (Å²) in [7, 11) is 0. The second-order valence-corrected chi connectivity index (χ2v) is 9.29. The minimum absolute atomic E-state index is 0.112. The van der Waals surface area contributed by atoms with Gasteiger partial charge in [-0.1, -0.05) is 40.2 Å². The second-order valence-electron chi connectivity index (χ2n) is 9.29. The molecule has 0 aromatic rings. The molecule has 0 aromatic carbocycles. The highest BCUT2D eigenvalue weighted by Crippen LogP contribution is 2.65. The summed E-state index contributed by atoms with van der Waals surface area (Å²) in [5.74, 6) is 2.08. The first kappa shape index (κ1) is 15.6. The summed E-state index contributed by atoms with van der Waals surface area (Å²) in [5.41, 5.74) is 1.10. The van der Waals surface area contributed by atoms with E-state index in [0.717, 1.165) is 11.8 Å². The fourth-order valence-corrected chi connectivity index (χ4v) is 6.37. The first-order valence-corrected chi connectivity index (χ1v) is 9.03. The van der Waals surface area contributed by atoms with Crippen molar-refractivity contribution in [3.63, 3.8) is 0 Å². The average molecular weight is 290 g/mol. The van der Waals surface area contributed by atoms with E-state index in [1.54, 1.807) is 0 Å². The molecule has 1 heteroatoms. The van der Waals surface area contributed by atoms with E-state index in [9.17, 15) is 0 Å². The Labute approximate surface area is 131 Å². The highest BCUT2D eigenvalue weighted by Gasteiger charge is 2.62. The monoisotopic (exact) mass is 290 g/mol. The lowest BCUT2D eigenvalue weighted by Crippen LogP contribution is -2.55. The highest BCUT2D eigenvalue weighted by molar-refractivity contribution is 5.11. The van der Waals surface area contributed by atoms with Crippen LogP contribution in [0.4, 0.5) is 0 Å². The van der Waals surface area contributed by atoms with Gasteiger partial charge in [0, 0.05) is 0 Å². The Morgan fingerprint density at radius 2 is 1.81 bits per heavy atom. The Morgan fingerprint density at radius 1 is 1.10 bits per heavy atom. The van der Waals surface area contributed by atoms with Crippen LogP contribution in [0.2, 0.25) is 0 Å². The predicted octanol–water partition coefficient (Wildman–Crippen LogP) is 5.60. The third-order valence-corrected chi connectivity index (χ3v) is 7.59. The molecular formula is C20H34O. The van der Waals surface area contributed by atoms with Crippen LogP contribution in [0.1, 0.15) is 73.1 Å². The zero-order valence-electron chi connectivity index (χ0n) is 14.7. The molecule has 0 N–H and O–H groups in total. The van der Waals surface area contributed by atoms with E-state index in [1.165, 1.54) is 38.5 Å². The van der Waals surface area contributed by atoms with Crippen molar-refractivity contribution in [3.05, 3.63) is 12.7 Å². The molecule has 2 saturated carbocycles. The van der Waals surface area contributed by atoms with Gasteiger partial charge in [0.1, 0.15) is 0 Å². The summed E-state index contributed by atoms with van der Waals surface area (Å²) in [5, 5.41) is 0. The number of fused-ring (bicyclic) bond motifs is 3. The van der Waals surface area contributed by atoms with E-state index in [4.69, 9.17) is 4.74 Å². The van der Waals surface area contributed by atoms with Gasteiger partial charge in [0.15, 0.2) is 0 Å². The van der Waals surface area contributed by atoms with Crippen molar-refractivity contribution in [2.45, 2.75) is 84.8 Å². The van der Waals surface area contributed by atoms with Crippen LogP contribution in [0.25, 0.3) is 0 Å². The van der Waals surface area contributed by atoms with Crippen molar-refractivity contribution >= 4 is 0 Å². The maximum atomic E-state index is 6.62. The lowest BCUT2D eigenvalue weighted by Gasteiger charge is -2.60. The second kappa shape index (κ2) is 4.85. The van der Waals surface area contributed by atoms with Crippen LogP contribution in [0.5, 0.6) is 0 Å². The standard InChI is InChI=1S/C20H34O/c1-7-14(2)15-13-17-19(5)11-8-10-18(3,4)16(19)9-12-20(17,6)21-15/h7,14-17H,1,8-13H2,2-6H3/t14-,15+,16+,17-,19+,20-/m1/s1. The first-order chi connectivity index (χ1) is 9.73. The molecule has 0 bridgehead atoms. The molecule has 2 aliphatic carbocycles. The molecule has 0 unspecified atom stereocenters. The van der Waals surface area contributed by atoms with Gasteiger partial charge >= 0.3 is 0 Å². The van der Waals surface area contributed by atoms with Gasteiger partial charge in [-0.2, -0.15) is 0 Å². The Balaban J connectivity index is 1.92. The Morgan fingerprint density at radius 3 is 2.48 bits per heavy atom. The molecule has 1 nitrogen and oxygen atoms in total. The molecule has 120 valence electrons. The van der Waals surface area contributed by atoms with Gasteiger partial charge in [-0.15, -0.1) is 6.58 Å². The van der Waals surface area contributed by atoms with Gasteiger partial charge in [0.25, 0.3) is 0 Å². The molecule has 21 heavy (non-hydrogen) atoms. The van der Waals surface area contributed by atoms with E-state index in [-0.39, 0.29) is 5.60 Å². The average Bonchev–Trinajstić information content (AvgIpc) is 2.76. The minimum Gasteiger partial charge on any atom is -0.371 e. The zero-order valence-corrected chi connectivity index (χ0v) is 14.7. The Hall–Kier alpha value is -0.300. The van der Waals surface area contributed by atoms with Gasteiger partial charge in [-0.3, -0.25) is 0 Å². The quantitative estimate of drug-likeness (QED) is 0.602. The molecule has 1 heterocycles. The third kappa shape index (κ3) is 2.22. The van der Waals surface area contributed by atoms with Crippen molar-refractivity contribution < 1.29 is 4.74 Å². The molecule has 3 fully saturated rings. The van der Waals surface area contributed by atoms with E-state index in [2.05, 4.69) is 47.3 Å². The number of hydrogen-bond acceptors (Lipinski definition) is 1. The molecule has 0 aromatic heterocycles. The van der Waals surface area contributed by atoms with Gasteiger partial charge < -0.3 is 4.74 Å². The van der Waals surface area contributed by atoms with Gasteiger partial charge in [-0.05, 0) is 67.6 Å². The lowest BCUT2D eigenvalue weighted by atomic mass is 9.45. The third-order valence-electron chi connectivity index (χ3n) is 7.59. The summed E-state index contributed by atoms with van der Waals surface area (Å²) in [4.78, 5) is 0. The summed E-state index contributed by atoms with van der Waals surface area (Å²) < 4.78 is 6.62. The summed E-state index contributed by atoms with van der Waals surface area (Å²) >= 11 is 0. The highest BCUT2D eigenvalue weighted by atomic mass is 16.5. The molecule has 3 rings (SSSR count). The van der Waals surface area contributed by atoms with Crippen LogP contribution >= 0.6 is 0 Å². The Kier molecular flexibility index (Phi) is 3.60. The topological polar surface area (TPSA) is 9.23 Å². The minimum atomic E-state index is 0.112. The number of hydrogen-bond donors (Lipinski definition) is 0. The Bertz CT molecular complexity index is 426. The van der Waals surface area contributed by atoms with Crippen LogP contribution in [-0.2, 0) is 4.74 Å². The van der Waals surface area contributed by atoms with Crippen molar-refractivity contribution in [1.29, 1.82) is 0 Å². The molecule has 1 saturated heterocycles. The van der Waals surface area contributed by atoms with Crippen molar-refractivity contribution in [2.75, 3.05) is 0 Å². The van der Waals surface area contributed by atoms with E-state index in [1.807, 2.05) is 0 Å². The van der Waals surface area contributed by atoms with Crippen LogP contribution in [0.3, 0.4) is 0 Å². The molecule has 1 aliphatic heterocycles. The van der Waals surface area contributed by atoms with Crippen molar-refractivity contribution in [2.24, 2.45) is 28.6 Å². The number of ether oxygens (including phenoxy) is 1. The van der Waals surface area contributed by atoms with E-state index < -0.39 is 0 Å². The van der Waals surface area contributed by atoms with Gasteiger partial charge in [-0.25, -0.2) is 0 Å². The predicted molar refractivity (Wildman–Crippen MR) is 89.2 cm³/mol. The smallest absolute Gasteiger partial charge is 0.0693 e. The fourth-order valence-electron chi connectivity index (χ4n) is 6.37. The van der Waals surface area contributed by atoms with Crippen LogP contribution in [-0.4, -0.2) is 11.7 Å². The molecule has 3 aliphatic rings. The maximum absolute atomic E-state index is 6.62. The number of rotatable bonds is 2. The zero-order chi connectivity index (χ0) is 15.5. The maximum Gasteiger partial charge on any atom is 0.0693 e. The van der Waals surface area contributed by atoms with Gasteiger partial charge in [0.2, 0.25) is 0 Å². The van der Waals surface area contributed by atoms with Crippen LogP contribution in [0.15, 0.2) is 12.7 Å². The fraction of sp³-hybridized carbons (Fsp3) is 0.900.